The maximum absolute atomic E-state index is 14.9. The Balaban J connectivity index is 2.24. The fourth-order valence-electron chi connectivity index (χ4n) is 2.58. The maximum Gasteiger partial charge on any atom is 0.326 e. The van der Waals surface area contributed by atoms with Crippen LogP contribution in [0.4, 0.5) is 10.1 Å². The highest BCUT2D eigenvalue weighted by Crippen LogP contribution is 2.39. The number of phenolic OH excluding ortho intramolecular Hbond substituents is 1. The van der Waals surface area contributed by atoms with Gasteiger partial charge in [-0.2, -0.15) is 13.5 Å². The Morgan fingerprint density at radius 1 is 1.35 bits per heavy atom. The van der Waals surface area contributed by atoms with Crippen molar-refractivity contribution in [1.82, 2.24) is 14.9 Å². The molecule has 1 aliphatic heterocycles. The molecule has 1 fully saturated rings. The number of aromatic nitrogens is 2. The standard InChI is InChI=1S/C13H13FN4O4S/c1-6-11(7(2)16-15-6)8-3-4-9(19)13(12(8)14)18-5-10(20)17-23(18,21)22/h3-4,19H,5H2,1-2H3,(H,15,16)(H,17,20). The minimum absolute atomic E-state index is 0.0797. The number of anilines is 1. The lowest BCUT2D eigenvalue weighted by molar-refractivity contribution is -0.117. The van der Waals surface area contributed by atoms with Crippen molar-refractivity contribution in [3.05, 3.63) is 29.3 Å². The summed E-state index contributed by atoms with van der Waals surface area (Å²) in [5.74, 6) is -2.33. The summed E-state index contributed by atoms with van der Waals surface area (Å²) in [6.45, 7) is 2.76. The normalized spacial score (nSPS) is 16.7. The van der Waals surface area contributed by atoms with Crippen LogP contribution in [0.3, 0.4) is 0 Å². The smallest absolute Gasteiger partial charge is 0.326 e. The van der Waals surface area contributed by atoms with Crippen LogP contribution in [0.25, 0.3) is 11.1 Å². The zero-order valence-electron chi connectivity index (χ0n) is 12.2. The van der Waals surface area contributed by atoms with Gasteiger partial charge in [0.15, 0.2) is 5.82 Å². The first-order chi connectivity index (χ1) is 10.7. The summed E-state index contributed by atoms with van der Waals surface area (Å²) in [6, 6.07) is 2.51. The molecule has 0 unspecified atom stereocenters. The first-order valence-electron chi connectivity index (χ1n) is 6.59. The minimum atomic E-state index is -4.23. The average molecular weight is 340 g/mol. The number of halogens is 1. The molecule has 0 atom stereocenters. The molecule has 3 N–H and O–H groups in total. The van der Waals surface area contributed by atoms with Crippen molar-refractivity contribution in [3.8, 4) is 16.9 Å². The predicted molar refractivity (Wildman–Crippen MR) is 79.5 cm³/mol. The van der Waals surface area contributed by atoms with E-state index in [4.69, 9.17) is 0 Å². The van der Waals surface area contributed by atoms with Crippen molar-refractivity contribution >= 4 is 21.8 Å². The van der Waals surface area contributed by atoms with Crippen LogP contribution in [0.15, 0.2) is 12.1 Å². The van der Waals surface area contributed by atoms with Crippen LogP contribution < -0.4 is 9.03 Å². The van der Waals surface area contributed by atoms with Crippen molar-refractivity contribution < 1.29 is 22.7 Å². The molecule has 1 amide bonds. The number of benzene rings is 1. The fraction of sp³-hybridized carbons (Fsp3) is 0.231. The number of aromatic amines is 1. The first-order valence-corrected chi connectivity index (χ1v) is 8.03. The predicted octanol–water partition coefficient (Wildman–Crippen LogP) is 0.719. The molecular formula is C13H13FN4O4S. The van der Waals surface area contributed by atoms with Gasteiger partial charge in [0.05, 0.1) is 5.69 Å². The molecule has 8 nitrogen and oxygen atoms in total. The van der Waals surface area contributed by atoms with E-state index in [9.17, 15) is 22.7 Å². The quantitative estimate of drug-likeness (QED) is 0.745. The first kappa shape index (κ1) is 15.3. The van der Waals surface area contributed by atoms with Gasteiger partial charge < -0.3 is 5.11 Å². The Morgan fingerprint density at radius 2 is 2.04 bits per heavy atom. The molecule has 122 valence electrons. The molecule has 0 bridgehead atoms. The molecule has 2 aromatic rings. The zero-order valence-corrected chi connectivity index (χ0v) is 13.0. The maximum atomic E-state index is 14.9. The number of phenols is 1. The van der Waals surface area contributed by atoms with Crippen molar-refractivity contribution in [2.45, 2.75) is 13.8 Å². The van der Waals surface area contributed by atoms with E-state index in [2.05, 4.69) is 10.2 Å². The zero-order chi connectivity index (χ0) is 16.9. The SMILES string of the molecule is Cc1n[nH]c(C)c1-c1ccc(O)c(N2CC(=O)NS2(=O)=O)c1F. The summed E-state index contributed by atoms with van der Waals surface area (Å²) >= 11 is 0. The highest BCUT2D eigenvalue weighted by atomic mass is 32.2. The van der Waals surface area contributed by atoms with E-state index in [-0.39, 0.29) is 5.56 Å². The molecule has 1 aromatic heterocycles. The molecule has 0 aliphatic carbocycles. The number of hydrogen-bond donors (Lipinski definition) is 3. The number of aryl methyl sites for hydroxylation is 2. The molecule has 1 aliphatic rings. The Bertz CT molecular complexity index is 903. The third-order valence-electron chi connectivity index (χ3n) is 3.56. The van der Waals surface area contributed by atoms with Crippen LogP contribution in [0, 0.1) is 19.7 Å². The molecule has 0 radical (unpaired) electrons. The minimum Gasteiger partial charge on any atom is -0.506 e. The third-order valence-corrected chi connectivity index (χ3v) is 4.94. The summed E-state index contributed by atoms with van der Waals surface area (Å²) in [5.41, 5.74) is 1.10. The second kappa shape index (κ2) is 4.95. The number of hydrogen-bond acceptors (Lipinski definition) is 5. The van der Waals surface area contributed by atoms with Gasteiger partial charge in [-0.25, -0.2) is 13.4 Å². The van der Waals surface area contributed by atoms with E-state index < -0.39 is 39.9 Å². The lowest BCUT2D eigenvalue weighted by Crippen LogP contribution is -2.30. The van der Waals surface area contributed by atoms with Crippen LogP contribution in [0.2, 0.25) is 0 Å². The number of nitrogens with zero attached hydrogens (tertiary/aromatic N) is 2. The molecule has 1 aromatic carbocycles. The van der Waals surface area contributed by atoms with Crippen molar-refractivity contribution in [1.29, 1.82) is 0 Å². The van der Waals surface area contributed by atoms with Gasteiger partial charge in [-0.1, -0.05) is 0 Å². The Morgan fingerprint density at radius 3 is 2.57 bits per heavy atom. The highest BCUT2D eigenvalue weighted by molar-refractivity contribution is 7.92. The van der Waals surface area contributed by atoms with E-state index in [0.29, 0.717) is 21.3 Å². The van der Waals surface area contributed by atoms with Gasteiger partial charge in [-0.05, 0) is 26.0 Å². The van der Waals surface area contributed by atoms with E-state index in [1.54, 1.807) is 18.6 Å². The van der Waals surface area contributed by atoms with Crippen molar-refractivity contribution in [2.24, 2.45) is 0 Å². The third kappa shape index (κ3) is 2.31. The number of carbonyl (C=O) groups is 1. The van der Waals surface area contributed by atoms with Crippen molar-refractivity contribution in [2.75, 3.05) is 10.8 Å². The van der Waals surface area contributed by atoms with Crippen LogP contribution in [0.5, 0.6) is 5.75 Å². The van der Waals surface area contributed by atoms with E-state index in [1.165, 1.54) is 12.1 Å². The van der Waals surface area contributed by atoms with Gasteiger partial charge in [0.1, 0.15) is 18.0 Å². The van der Waals surface area contributed by atoms with Crippen LogP contribution in [-0.4, -0.2) is 36.2 Å². The number of rotatable bonds is 2. The summed E-state index contributed by atoms with van der Waals surface area (Å²) in [5, 5.41) is 16.6. The molecule has 10 heteroatoms. The van der Waals surface area contributed by atoms with Gasteiger partial charge in [0.2, 0.25) is 0 Å². The average Bonchev–Trinajstić information content (AvgIpc) is 2.90. The van der Waals surface area contributed by atoms with Crippen LogP contribution in [0.1, 0.15) is 11.4 Å². The summed E-state index contributed by atoms with van der Waals surface area (Å²) in [7, 11) is -4.23. The summed E-state index contributed by atoms with van der Waals surface area (Å²) in [4.78, 5) is 11.3. The summed E-state index contributed by atoms with van der Waals surface area (Å²) < 4.78 is 41.0. The second-order valence-electron chi connectivity index (χ2n) is 5.14. The number of amides is 1. The van der Waals surface area contributed by atoms with Gasteiger partial charge in [-0.15, -0.1) is 0 Å². The van der Waals surface area contributed by atoms with Crippen LogP contribution in [-0.2, 0) is 15.0 Å². The van der Waals surface area contributed by atoms with Gasteiger partial charge in [0, 0.05) is 16.8 Å². The number of aromatic hydroxyl groups is 1. The molecule has 0 spiro atoms. The molecular weight excluding hydrogens is 327 g/mol. The van der Waals surface area contributed by atoms with Crippen molar-refractivity contribution in [3.63, 3.8) is 0 Å². The topological polar surface area (TPSA) is 115 Å². The summed E-state index contributed by atoms with van der Waals surface area (Å²) in [6.07, 6.45) is 0. The highest BCUT2D eigenvalue weighted by Gasteiger charge is 2.38. The second-order valence-corrected chi connectivity index (χ2v) is 6.74. The Hall–Kier alpha value is -2.62. The number of H-pyrrole nitrogens is 1. The van der Waals surface area contributed by atoms with E-state index in [1.807, 2.05) is 0 Å². The van der Waals surface area contributed by atoms with Gasteiger partial charge in [0.25, 0.3) is 5.91 Å². The number of carbonyl (C=O) groups excluding carboxylic acids is 1. The largest absolute Gasteiger partial charge is 0.506 e. The molecule has 2 heterocycles. The molecule has 0 saturated carbocycles. The molecule has 23 heavy (non-hydrogen) atoms. The molecule has 1 saturated heterocycles. The Labute approximate surface area is 131 Å². The molecule has 3 rings (SSSR count). The van der Waals surface area contributed by atoms with Gasteiger partial charge >= 0.3 is 10.2 Å². The number of nitrogens with one attached hydrogen (secondary N) is 2. The van der Waals surface area contributed by atoms with E-state index >= 15 is 0 Å². The monoisotopic (exact) mass is 340 g/mol. The van der Waals surface area contributed by atoms with Gasteiger partial charge in [-0.3, -0.25) is 9.89 Å². The van der Waals surface area contributed by atoms with Crippen LogP contribution >= 0.6 is 0 Å². The fourth-order valence-corrected chi connectivity index (χ4v) is 3.74. The van der Waals surface area contributed by atoms with E-state index in [0.717, 1.165) is 0 Å². The lowest BCUT2D eigenvalue weighted by Gasteiger charge is -2.18. The lowest BCUT2D eigenvalue weighted by atomic mass is 10.0. The Kier molecular flexibility index (Phi) is 3.29.